The Hall–Kier alpha value is -2.18. The first-order chi connectivity index (χ1) is 34.0. The molecule has 0 spiro atoms. The largest absolute Gasteiger partial charge is 1.00 e. The molecule has 1 amide bonds. The van der Waals surface area contributed by atoms with Crippen LogP contribution in [0.5, 0.6) is 0 Å². The number of hydrogen-bond donors (Lipinski definition) is 2. The minimum atomic E-state index is -5.04. The monoisotopic (exact) mass is 1060 g/mol. The van der Waals surface area contributed by atoms with Crippen LogP contribution in [-0.4, -0.2) is 76.4 Å². The topological polar surface area (TPSA) is 173 Å². The molecular weight excluding hydrogens is 962 g/mol. The molecule has 13 nitrogen and oxygen atoms in total. The zero-order valence-corrected chi connectivity index (χ0v) is 49.3. The Morgan fingerprint density at radius 3 is 1.65 bits per heavy atom. The molecule has 1 unspecified atom stereocenters. The number of nitrogens with one attached hydrogen (secondary N) is 1. The predicted molar refractivity (Wildman–Crippen MR) is 284 cm³/mol. The van der Waals surface area contributed by atoms with Crippen LogP contribution in [0.4, 0.5) is 0 Å². The fraction of sp³-hybridized carbons (Fsp3) is 0.732. The number of benzene rings is 2. The Morgan fingerprint density at radius 1 is 0.708 bits per heavy atom. The average molecular weight is 1060 g/mol. The van der Waals surface area contributed by atoms with Gasteiger partial charge in [-0.05, 0) is 80.6 Å². The second-order valence-electron chi connectivity index (χ2n) is 21.2. The fourth-order valence-electron chi connectivity index (χ4n) is 8.58. The van der Waals surface area contributed by atoms with E-state index in [0.29, 0.717) is 25.7 Å². The van der Waals surface area contributed by atoms with E-state index >= 15 is 0 Å². The second kappa shape index (κ2) is 37.5. The molecule has 0 aliphatic carbocycles. The van der Waals surface area contributed by atoms with Gasteiger partial charge < -0.3 is 20.1 Å². The van der Waals surface area contributed by atoms with Gasteiger partial charge in [-0.15, -0.1) is 0 Å². The Labute approximate surface area is 459 Å². The first kappa shape index (κ1) is 65.9. The Balaban J connectivity index is 0.0000133. The maximum absolute atomic E-state index is 13.8. The van der Waals surface area contributed by atoms with E-state index in [1.54, 1.807) is 0 Å². The van der Waals surface area contributed by atoms with Crippen molar-refractivity contribution in [2.45, 2.75) is 256 Å². The zero-order chi connectivity index (χ0) is 51.8. The molecule has 1 aliphatic heterocycles. The Bertz CT molecular complexity index is 1860. The molecule has 1 saturated heterocycles. The van der Waals surface area contributed by atoms with Crippen molar-refractivity contribution >= 4 is 36.6 Å². The molecule has 2 aromatic carbocycles. The molecule has 0 aromatic heterocycles. The summed E-state index contributed by atoms with van der Waals surface area (Å²) >= 11 is 0. The van der Waals surface area contributed by atoms with Crippen LogP contribution in [0.15, 0.2) is 60.7 Å². The number of hydrogen-bond acceptors (Lipinski definition) is 11. The summed E-state index contributed by atoms with van der Waals surface area (Å²) in [6, 6.07) is 20.9. The molecule has 2 N–H and O–H groups in total. The van der Waals surface area contributed by atoms with E-state index in [2.05, 4.69) is 81.7 Å². The summed E-state index contributed by atoms with van der Waals surface area (Å²) in [5.41, 5.74) is 5.13. The van der Waals surface area contributed by atoms with E-state index < -0.39 is 67.3 Å². The Morgan fingerprint density at radius 2 is 1.17 bits per heavy atom. The molecule has 1 heterocycles. The third-order valence-corrected chi connectivity index (χ3v) is 18.9. The van der Waals surface area contributed by atoms with Crippen molar-refractivity contribution in [3.63, 3.8) is 0 Å². The molecule has 2 aromatic rings. The minimum Gasteiger partial charge on any atom is -1.00 e. The second-order valence-corrected chi connectivity index (χ2v) is 27.0. The van der Waals surface area contributed by atoms with Gasteiger partial charge in [0.2, 0.25) is 0 Å². The molecule has 0 saturated carbocycles. The first-order valence-electron chi connectivity index (χ1n) is 27.3. The van der Waals surface area contributed by atoms with Crippen LogP contribution < -0.4 is 35.0 Å². The predicted octanol–water partition coefficient (Wildman–Crippen LogP) is 10.6. The maximum atomic E-state index is 13.8. The molecule has 3 rings (SSSR count). The van der Waals surface area contributed by atoms with Crippen LogP contribution in [-0.2, 0) is 65.3 Å². The van der Waals surface area contributed by atoms with Gasteiger partial charge in [-0.2, -0.15) is 8.42 Å². The van der Waals surface area contributed by atoms with Gasteiger partial charge in [-0.1, -0.05) is 198 Å². The smallest absolute Gasteiger partial charge is 1.00 e. The SMILES string of the molecule is CCCCCCCCCCCCC(OC(=O)CCCCCCCCc1ccccc1)C(=O)NO[C@@H]1C[C@@H](OC(=O)CCCCCCCCc2ccccc2)[C@H](OS(=O)(=O)O)[C@@H](CO[Si](C)(C)C(C)(C)C)O1.[H-].[Na+]. The molecule has 5 atom stereocenters. The average Bonchev–Trinajstić information content (AvgIpc) is 3.32. The van der Waals surface area contributed by atoms with Gasteiger partial charge in [-0.3, -0.25) is 18.9 Å². The van der Waals surface area contributed by atoms with Gasteiger partial charge in [-0.25, -0.2) is 14.5 Å². The number of amides is 1. The van der Waals surface area contributed by atoms with Gasteiger partial charge in [0, 0.05) is 19.3 Å². The van der Waals surface area contributed by atoms with Crippen molar-refractivity contribution in [3.05, 3.63) is 71.8 Å². The van der Waals surface area contributed by atoms with E-state index in [4.69, 9.17) is 27.7 Å². The molecule has 1 fully saturated rings. The van der Waals surface area contributed by atoms with Gasteiger partial charge in [0.1, 0.15) is 18.3 Å². The minimum absolute atomic E-state index is 0. The molecule has 72 heavy (non-hydrogen) atoms. The van der Waals surface area contributed by atoms with E-state index in [-0.39, 0.29) is 61.9 Å². The number of aryl methyl sites for hydroxylation is 2. The number of hydroxylamine groups is 1. The van der Waals surface area contributed by atoms with Crippen molar-refractivity contribution in [2.75, 3.05) is 6.61 Å². The van der Waals surface area contributed by atoms with Gasteiger partial charge in [0.15, 0.2) is 20.7 Å². The molecule has 406 valence electrons. The van der Waals surface area contributed by atoms with Crippen molar-refractivity contribution in [1.82, 2.24) is 5.48 Å². The van der Waals surface area contributed by atoms with E-state index in [1.165, 1.54) is 49.7 Å². The number of rotatable bonds is 39. The summed E-state index contributed by atoms with van der Waals surface area (Å²) in [6.07, 6.45) is 18.8. The number of ether oxygens (including phenoxy) is 3. The molecule has 0 bridgehead atoms. The van der Waals surface area contributed by atoms with E-state index in [0.717, 1.165) is 96.3 Å². The van der Waals surface area contributed by atoms with E-state index in [9.17, 15) is 27.4 Å². The molecule has 1 aliphatic rings. The van der Waals surface area contributed by atoms with Gasteiger partial charge in [0.05, 0.1) is 6.61 Å². The zero-order valence-electron chi connectivity index (χ0n) is 46.5. The quantitative estimate of drug-likeness (QED) is 0.0214. The van der Waals surface area contributed by atoms with Crippen molar-refractivity contribution in [1.29, 1.82) is 0 Å². The molecule has 16 heteroatoms. The van der Waals surface area contributed by atoms with Crippen LogP contribution in [0, 0.1) is 0 Å². The first-order valence-corrected chi connectivity index (χ1v) is 31.6. The number of unbranched alkanes of at least 4 members (excludes halogenated alkanes) is 19. The Kier molecular flexibility index (Phi) is 34.4. The van der Waals surface area contributed by atoms with Gasteiger partial charge in [0.25, 0.3) is 5.91 Å². The summed E-state index contributed by atoms with van der Waals surface area (Å²) in [5, 5.41) is -0.220. The van der Waals surface area contributed by atoms with Crippen LogP contribution >= 0.6 is 0 Å². The standard InChI is InChI=1S/C56H93NO12SSi.Na.H/c1-7-8-9-10-11-12-13-14-21-32-41-48(65-51(58)42-33-22-17-15-19-26-35-46-37-28-24-29-38-46)55(60)57-68-53-44-49(54(69-70(61,62)63)50(67-53)45-64-71(5,6)56(2,3)4)66-52(59)43-34-23-18-16-20-27-36-47-39-30-25-31-40-47;;/h24-25,28-31,37-40,48-50,53-54H,7-23,26-27,32-36,41-45H2,1-6H3,(H,57,60)(H,61,62,63);;/q;+1;-1/t48?,49-,50-,53-,54+;;/m1../s1. The summed E-state index contributed by atoms with van der Waals surface area (Å²) in [5.74, 6) is -1.67. The normalized spacial score (nSPS) is 17.7. The summed E-state index contributed by atoms with van der Waals surface area (Å²) in [7, 11) is -7.49. The third kappa shape index (κ3) is 29.8. The molecular formula is C56H94NNaO12SSi. The molecule has 0 radical (unpaired) electrons. The van der Waals surface area contributed by atoms with Crippen LogP contribution in [0.3, 0.4) is 0 Å². The summed E-state index contributed by atoms with van der Waals surface area (Å²) in [6.45, 7) is 12.2. The van der Waals surface area contributed by atoms with Crippen molar-refractivity contribution < 1.29 is 86.0 Å². The fourth-order valence-corrected chi connectivity index (χ4v) is 10.1. The van der Waals surface area contributed by atoms with Crippen LogP contribution in [0.25, 0.3) is 0 Å². The summed E-state index contributed by atoms with van der Waals surface area (Å²) < 4.78 is 63.9. The maximum Gasteiger partial charge on any atom is 1.00 e. The van der Waals surface area contributed by atoms with Crippen LogP contribution in [0.2, 0.25) is 18.1 Å². The van der Waals surface area contributed by atoms with E-state index in [1.807, 2.05) is 25.2 Å². The number of esters is 2. The number of carbonyl (C=O) groups excluding carboxylic acids is 3. The summed E-state index contributed by atoms with van der Waals surface area (Å²) in [4.78, 5) is 46.2. The van der Waals surface area contributed by atoms with Crippen molar-refractivity contribution in [2.24, 2.45) is 0 Å². The van der Waals surface area contributed by atoms with Crippen LogP contribution in [0.1, 0.15) is 207 Å². The van der Waals surface area contributed by atoms with Crippen molar-refractivity contribution in [3.8, 4) is 0 Å². The number of carbonyl (C=O) groups is 3. The van der Waals surface area contributed by atoms with Gasteiger partial charge >= 0.3 is 51.9 Å². The third-order valence-electron chi connectivity index (χ3n) is 14.0.